The van der Waals surface area contributed by atoms with Crippen molar-refractivity contribution in [2.45, 2.75) is 82.8 Å². The highest BCUT2D eigenvalue weighted by Gasteiger charge is 2.35. The Hall–Kier alpha value is -1.41. The summed E-state index contributed by atoms with van der Waals surface area (Å²) in [4.78, 5) is 23.5. The number of hydrogen-bond acceptors (Lipinski definition) is 6. The van der Waals surface area contributed by atoms with Crippen LogP contribution in [0.2, 0.25) is 0 Å². The number of rotatable bonds is 17. The Bertz CT molecular complexity index is 528. The summed E-state index contributed by atoms with van der Waals surface area (Å²) in [5, 5.41) is -1.96. The fraction of sp³-hybridized carbons (Fsp3) is 0.789. The Balaban J connectivity index is 4.00. The van der Waals surface area contributed by atoms with Gasteiger partial charge >= 0.3 is 11.9 Å². The van der Waals surface area contributed by atoms with Crippen molar-refractivity contribution in [3.05, 3.63) is 12.7 Å². The maximum absolute atomic E-state index is 11.7. The largest absolute Gasteiger partial charge is 0.466 e. The Kier molecular flexibility index (Phi) is 14.8. The van der Waals surface area contributed by atoms with Crippen LogP contribution >= 0.6 is 0 Å². The fourth-order valence-corrected chi connectivity index (χ4v) is 3.11. The Morgan fingerprint density at radius 1 is 0.963 bits per heavy atom. The number of carbonyl (C=O) groups is 2. The topological polar surface area (TPSA) is 107 Å². The number of carbonyl (C=O) groups excluding carboxylic acids is 2. The van der Waals surface area contributed by atoms with E-state index in [2.05, 4.69) is 13.5 Å². The Labute approximate surface area is 163 Å². The summed E-state index contributed by atoms with van der Waals surface area (Å²) in [6, 6.07) is 0. The average Bonchev–Trinajstić information content (AvgIpc) is 2.60. The van der Waals surface area contributed by atoms with Crippen LogP contribution in [0.3, 0.4) is 0 Å². The number of esters is 2. The maximum atomic E-state index is 11.7. The summed E-state index contributed by atoms with van der Waals surface area (Å²) in [6.45, 7) is 5.73. The number of hydrogen-bond donors (Lipinski definition) is 1. The lowest BCUT2D eigenvalue weighted by atomic mass is 10.1. The summed E-state index contributed by atoms with van der Waals surface area (Å²) in [5.74, 6) is -2.02. The summed E-state index contributed by atoms with van der Waals surface area (Å²) in [6.07, 6.45) is 11.1. The molecule has 0 aromatic heterocycles. The summed E-state index contributed by atoms with van der Waals surface area (Å²) in [5.41, 5.74) is 0. The quantitative estimate of drug-likeness (QED) is 0.169. The van der Waals surface area contributed by atoms with E-state index in [-0.39, 0.29) is 13.2 Å². The lowest BCUT2D eigenvalue weighted by molar-refractivity contribution is -0.150. The van der Waals surface area contributed by atoms with Crippen molar-refractivity contribution in [3.63, 3.8) is 0 Å². The molecule has 0 spiro atoms. The third-order valence-corrected chi connectivity index (χ3v) is 5.13. The molecule has 1 atom stereocenters. The molecular weight excluding hydrogens is 372 g/mol. The molecule has 0 bridgehead atoms. The number of unbranched alkanes of at least 4 members (excludes halogenated alkanes) is 8. The molecule has 0 aliphatic heterocycles. The van der Waals surface area contributed by atoms with E-state index >= 15 is 0 Å². The van der Waals surface area contributed by atoms with Gasteiger partial charge in [0.2, 0.25) is 0 Å². The minimum Gasteiger partial charge on any atom is -0.466 e. The summed E-state index contributed by atoms with van der Waals surface area (Å²) in [7, 11) is -4.75. The molecule has 0 aliphatic rings. The highest BCUT2D eigenvalue weighted by atomic mass is 32.2. The second-order valence-corrected chi connectivity index (χ2v) is 8.10. The van der Waals surface area contributed by atoms with Crippen molar-refractivity contribution in [1.29, 1.82) is 0 Å². The van der Waals surface area contributed by atoms with Crippen molar-refractivity contribution >= 4 is 22.1 Å². The monoisotopic (exact) mass is 406 g/mol. The molecule has 27 heavy (non-hydrogen) atoms. The van der Waals surface area contributed by atoms with Crippen LogP contribution in [-0.4, -0.2) is 43.4 Å². The predicted molar refractivity (Wildman–Crippen MR) is 104 cm³/mol. The van der Waals surface area contributed by atoms with Gasteiger partial charge in [-0.05, 0) is 12.8 Å². The van der Waals surface area contributed by atoms with E-state index in [1.807, 2.05) is 0 Å². The van der Waals surface area contributed by atoms with Gasteiger partial charge in [0, 0.05) is 0 Å². The minimum atomic E-state index is -4.75. The Morgan fingerprint density at radius 2 is 1.52 bits per heavy atom. The van der Waals surface area contributed by atoms with Crippen molar-refractivity contribution in [1.82, 2.24) is 0 Å². The van der Waals surface area contributed by atoms with Crippen molar-refractivity contribution in [2.75, 3.05) is 13.2 Å². The first-order valence-electron chi connectivity index (χ1n) is 9.72. The molecule has 0 amide bonds. The van der Waals surface area contributed by atoms with Crippen LogP contribution in [0.25, 0.3) is 0 Å². The van der Waals surface area contributed by atoms with Crippen molar-refractivity contribution < 1.29 is 32.0 Å². The SMILES string of the molecule is C=CCCOC(=O)C(CC(=O)OCCCCCCCCCCC)S(=O)(=O)O. The van der Waals surface area contributed by atoms with Crippen LogP contribution in [0.4, 0.5) is 0 Å². The smallest absolute Gasteiger partial charge is 0.327 e. The van der Waals surface area contributed by atoms with E-state index in [9.17, 15) is 18.0 Å². The van der Waals surface area contributed by atoms with Crippen LogP contribution < -0.4 is 0 Å². The van der Waals surface area contributed by atoms with Gasteiger partial charge in [-0.25, -0.2) is 0 Å². The average molecular weight is 407 g/mol. The van der Waals surface area contributed by atoms with E-state index in [4.69, 9.17) is 14.0 Å². The van der Waals surface area contributed by atoms with Gasteiger partial charge in [0.05, 0.1) is 19.6 Å². The van der Waals surface area contributed by atoms with Gasteiger partial charge < -0.3 is 9.47 Å². The molecule has 1 unspecified atom stereocenters. The first-order valence-corrected chi connectivity index (χ1v) is 11.2. The zero-order valence-corrected chi connectivity index (χ0v) is 17.2. The van der Waals surface area contributed by atoms with Gasteiger partial charge in [0.15, 0.2) is 5.25 Å². The van der Waals surface area contributed by atoms with Crippen LogP contribution in [-0.2, 0) is 29.2 Å². The minimum absolute atomic E-state index is 0.0676. The number of ether oxygens (including phenoxy) is 2. The molecule has 0 fully saturated rings. The third-order valence-electron chi connectivity index (χ3n) is 4.05. The van der Waals surface area contributed by atoms with Crippen molar-refractivity contribution in [3.8, 4) is 0 Å². The highest BCUT2D eigenvalue weighted by molar-refractivity contribution is 7.87. The molecule has 0 aliphatic carbocycles. The summed E-state index contributed by atoms with van der Waals surface area (Å²) < 4.78 is 41.4. The zero-order chi connectivity index (χ0) is 20.5. The lowest BCUT2D eigenvalue weighted by Crippen LogP contribution is -2.34. The second-order valence-electron chi connectivity index (χ2n) is 6.50. The molecule has 0 aromatic carbocycles. The van der Waals surface area contributed by atoms with E-state index in [1.54, 1.807) is 0 Å². The van der Waals surface area contributed by atoms with E-state index in [0.717, 1.165) is 19.3 Å². The molecule has 0 rings (SSSR count). The lowest BCUT2D eigenvalue weighted by Gasteiger charge is -2.12. The maximum Gasteiger partial charge on any atom is 0.327 e. The van der Waals surface area contributed by atoms with E-state index < -0.39 is 33.7 Å². The Morgan fingerprint density at radius 3 is 2.04 bits per heavy atom. The molecule has 158 valence electrons. The van der Waals surface area contributed by atoms with Gasteiger partial charge in [0.1, 0.15) is 0 Å². The fourth-order valence-electron chi connectivity index (χ4n) is 2.46. The standard InChI is InChI=1S/C19H34O7S/c1-3-5-7-8-9-10-11-12-13-15-25-18(20)16-17(27(22,23)24)19(21)26-14-6-4-2/h4,17H,2-3,5-16H2,1H3,(H,22,23,24). The van der Waals surface area contributed by atoms with Crippen LogP contribution in [0.15, 0.2) is 12.7 Å². The molecule has 0 radical (unpaired) electrons. The normalized spacial score (nSPS) is 12.4. The van der Waals surface area contributed by atoms with E-state index in [0.29, 0.717) is 12.8 Å². The highest BCUT2D eigenvalue weighted by Crippen LogP contribution is 2.11. The molecule has 0 aromatic rings. The van der Waals surface area contributed by atoms with Gasteiger partial charge in [0.25, 0.3) is 10.1 Å². The van der Waals surface area contributed by atoms with Gasteiger partial charge in [-0.15, -0.1) is 6.58 Å². The zero-order valence-electron chi connectivity index (χ0n) is 16.4. The first kappa shape index (κ1) is 25.6. The van der Waals surface area contributed by atoms with Crippen LogP contribution in [0.5, 0.6) is 0 Å². The van der Waals surface area contributed by atoms with Crippen LogP contribution in [0, 0.1) is 0 Å². The second kappa shape index (κ2) is 15.6. The van der Waals surface area contributed by atoms with Crippen LogP contribution in [0.1, 0.15) is 77.6 Å². The van der Waals surface area contributed by atoms with Crippen molar-refractivity contribution in [2.24, 2.45) is 0 Å². The van der Waals surface area contributed by atoms with E-state index in [1.165, 1.54) is 38.2 Å². The molecule has 0 heterocycles. The molecule has 1 N–H and O–H groups in total. The van der Waals surface area contributed by atoms with Gasteiger partial charge in [-0.1, -0.05) is 64.4 Å². The third kappa shape index (κ3) is 14.3. The molecule has 8 heteroatoms. The molecule has 0 saturated heterocycles. The molecule has 7 nitrogen and oxygen atoms in total. The first-order chi connectivity index (χ1) is 12.8. The molecular formula is C19H34O7S. The van der Waals surface area contributed by atoms with Gasteiger partial charge in [-0.2, -0.15) is 8.42 Å². The molecule has 0 saturated carbocycles. The van der Waals surface area contributed by atoms with Gasteiger partial charge in [-0.3, -0.25) is 14.1 Å². The summed E-state index contributed by atoms with van der Waals surface area (Å²) >= 11 is 0. The predicted octanol–water partition coefficient (Wildman–Crippen LogP) is 3.83.